The van der Waals surface area contributed by atoms with Crippen molar-refractivity contribution in [2.75, 3.05) is 6.61 Å². The maximum atomic E-state index is 9.99. The Kier molecular flexibility index (Phi) is 7.57. The Morgan fingerprint density at radius 3 is 2.47 bits per heavy atom. The number of benzene rings is 1. The molecule has 0 bridgehead atoms. The van der Waals surface area contributed by atoms with E-state index < -0.39 is 6.10 Å². The predicted octanol–water partition coefficient (Wildman–Crippen LogP) is 4.73. The molecule has 0 aliphatic rings. The molecule has 2 nitrogen and oxygen atoms in total. The molecule has 0 spiro atoms. The van der Waals surface area contributed by atoms with Crippen molar-refractivity contribution in [2.45, 2.75) is 59.0 Å². The first kappa shape index (κ1) is 16.0. The molecule has 0 saturated heterocycles. The van der Waals surface area contributed by atoms with E-state index in [-0.39, 0.29) is 0 Å². The van der Waals surface area contributed by atoms with Crippen LogP contribution in [0.2, 0.25) is 0 Å². The van der Waals surface area contributed by atoms with Gasteiger partial charge in [0.1, 0.15) is 5.75 Å². The van der Waals surface area contributed by atoms with Crippen LogP contribution in [0.3, 0.4) is 0 Å². The molecule has 1 aromatic carbocycles. The summed E-state index contributed by atoms with van der Waals surface area (Å²) >= 11 is 0. The molecule has 1 aromatic rings. The van der Waals surface area contributed by atoms with Gasteiger partial charge in [-0.25, -0.2) is 0 Å². The number of para-hydroxylation sites is 1. The standard InChI is InChI=1S/C17H28O2/c1-4-7-10-14(5-2)13-19-17-12-9-8-11-15(17)16(18)6-3/h8-9,11-12,14,16,18H,4-7,10,13H2,1-3H3/t14?,16-/m1/s1. The predicted molar refractivity (Wildman–Crippen MR) is 80.5 cm³/mol. The summed E-state index contributed by atoms with van der Waals surface area (Å²) < 4.78 is 5.95. The van der Waals surface area contributed by atoms with Crippen molar-refractivity contribution in [1.82, 2.24) is 0 Å². The van der Waals surface area contributed by atoms with Crippen molar-refractivity contribution < 1.29 is 9.84 Å². The summed E-state index contributed by atoms with van der Waals surface area (Å²) in [6, 6.07) is 7.83. The molecule has 0 aromatic heterocycles. The van der Waals surface area contributed by atoms with Gasteiger partial charge in [0.2, 0.25) is 0 Å². The molecular weight excluding hydrogens is 236 g/mol. The molecule has 1 rings (SSSR count). The van der Waals surface area contributed by atoms with Crippen LogP contribution in [0.25, 0.3) is 0 Å². The molecule has 1 unspecified atom stereocenters. The molecule has 0 saturated carbocycles. The Balaban J connectivity index is 2.61. The number of rotatable bonds is 9. The first-order valence-corrected chi connectivity index (χ1v) is 7.62. The zero-order valence-electron chi connectivity index (χ0n) is 12.6. The van der Waals surface area contributed by atoms with E-state index in [1.807, 2.05) is 31.2 Å². The SMILES string of the molecule is CCCCC(CC)COc1ccccc1[C@H](O)CC. The number of aliphatic hydroxyl groups excluding tert-OH is 1. The van der Waals surface area contributed by atoms with Gasteiger partial charge in [0.15, 0.2) is 0 Å². The lowest BCUT2D eigenvalue weighted by molar-refractivity contribution is 0.162. The second-order valence-electron chi connectivity index (χ2n) is 5.19. The molecule has 2 atom stereocenters. The van der Waals surface area contributed by atoms with E-state index in [1.54, 1.807) is 0 Å². The Morgan fingerprint density at radius 2 is 1.84 bits per heavy atom. The normalized spacial score (nSPS) is 14.1. The van der Waals surface area contributed by atoms with Gasteiger partial charge in [-0.2, -0.15) is 0 Å². The van der Waals surface area contributed by atoms with Gasteiger partial charge < -0.3 is 9.84 Å². The van der Waals surface area contributed by atoms with Gasteiger partial charge in [0.05, 0.1) is 12.7 Å². The Morgan fingerprint density at radius 1 is 1.11 bits per heavy atom. The van der Waals surface area contributed by atoms with E-state index in [1.165, 1.54) is 19.3 Å². The van der Waals surface area contributed by atoms with Gasteiger partial charge in [-0.3, -0.25) is 0 Å². The van der Waals surface area contributed by atoms with Crippen LogP contribution in [0.5, 0.6) is 5.75 Å². The Hall–Kier alpha value is -1.02. The van der Waals surface area contributed by atoms with Crippen LogP contribution in [0.4, 0.5) is 0 Å². The summed E-state index contributed by atoms with van der Waals surface area (Å²) in [5.74, 6) is 1.46. The van der Waals surface area contributed by atoms with Crippen LogP contribution in [0, 0.1) is 5.92 Å². The molecule has 19 heavy (non-hydrogen) atoms. The third-order valence-electron chi connectivity index (χ3n) is 3.68. The van der Waals surface area contributed by atoms with Gasteiger partial charge in [0, 0.05) is 5.56 Å². The van der Waals surface area contributed by atoms with Crippen molar-refractivity contribution in [2.24, 2.45) is 5.92 Å². The van der Waals surface area contributed by atoms with Gasteiger partial charge in [-0.1, -0.05) is 58.2 Å². The Bertz CT molecular complexity index is 349. The minimum absolute atomic E-state index is 0.424. The highest BCUT2D eigenvalue weighted by Crippen LogP contribution is 2.27. The summed E-state index contributed by atoms with van der Waals surface area (Å²) in [4.78, 5) is 0. The molecule has 0 heterocycles. The lowest BCUT2D eigenvalue weighted by Crippen LogP contribution is -2.12. The molecule has 0 amide bonds. The van der Waals surface area contributed by atoms with E-state index >= 15 is 0 Å². The average Bonchev–Trinajstić information content (AvgIpc) is 2.47. The van der Waals surface area contributed by atoms with E-state index in [2.05, 4.69) is 13.8 Å². The maximum absolute atomic E-state index is 9.99. The first-order valence-electron chi connectivity index (χ1n) is 7.62. The fraction of sp³-hybridized carbons (Fsp3) is 0.647. The molecule has 2 heteroatoms. The van der Waals surface area contributed by atoms with Crippen molar-refractivity contribution in [1.29, 1.82) is 0 Å². The summed E-state index contributed by atoms with van der Waals surface area (Å²) in [5.41, 5.74) is 0.912. The summed E-state index contributed by atoms with van der Waals surface area (Å²) in [7, 11) is 0. The molecule has 0 aliphatic carbocycles. The summed E-state index contributed by atoms with van der Waals surface area (Å²) in [6.45, 7) is 7.18. The fourth-order valence-electron chi connectivity index (χ4n) is 2.21. The van der Waals surface area contributed by atoms with Crippen LogP contribution >= 0.6 is 0 Å². The number of unbranched alkanes of at least 4 members (excludes halogenated alkanes) is 1. The van der Waals surface area contributed by atoms with Crippen molar-refractivity contribution in [3.8, 4) is 5.75 Å². The maximum Gasteiger partial charge on any atom is 0.125 e. The topological polar surface area (TPSA) is 29.5 Å². The molecular formula is C17H28O2. The second-order valence-corrected chi connectivity index (χ2v) is 5.19. The first-order chi connectivity index (χ1) is 9.22. The zero-order chi connectivity index (χ0) is 14.1. The van der Waals surface area contributed by atoms with Crippen LogP contribution in [0.1, 0.15) is 64.5 Å². The second kappa shape index (κ2) is 8.98. The minimum Gasteiger partial charge on any atom is -0.493 e. The lowest BCUT2D eigenvalue weighted by Gasteiger charge is -2.19. The summed E-state index contributed by atoms with van der Waals surface area (Å²) in [6.07, 6.45) is 5.17. The molecule has 1 N–H and O–H groups in total. The molecule has 0 radical (unpaired) electrons. The average molecular weight is 264 g/mol. The quantitative estimate of drug-likeness (QED) is 0.699. The number of hydrogen-bond donors (Lipinski definition) is 1. The molecule has 108 valence electrons. The van der Waals surface area contributed by atoms with Gasteiger partial charge in [0.25, 0.3) is 0 Å². The fourth-order valence-corrected chi connectivity index (χ4v) is 2.21. The lowest BCUT2D eigenvalue weighted by atomic mass is 10.0. The Labute approximate surface area is 117 Å². The van der Waals surface area contributed by atoms with E-state index in [4.69, 9.17) is 4.74 Å². The third kappa shape index (κ3) is 5.23. The van der Waals surface area contributed by atoms with Crippen LogP contribution in [0.15, 0.2) is 24.3 Å². The highest BCUT2D eigenvalue weighted by molar-refractivity contribution is 5.34. The van der Waals surface area contributed by atoms with E-state index in [9.17, 15) is 5.11 Å². The number of ether oxygens (including phenoxy) is 1. The zero-order valence-corrected chi connectivity index (χ0v) is 12.6. The van der Waals surface area contributed by atoms with Crippen molar-refractivity contribution >= 4 is 0 Å². The smallest absolute Gasteiger partial charge is 0.125 e. The van der Waals surface area contributed by atoms with Crippen LogP contribution in [-0.4, -0.2) is 11.7 Å². The van der Waals surface area contributed by atoms with E-state index in [0.29, 0.717) is 12.3 Å². The largest absolute Gasteiger partial charge is 0.493 e. The summed E-state index contributed by atoms with van der Waals surface area (Å²) in [5, 5.41) is 9.99. The van der Waals surface area contributed by atoms with Crippen LogP contribution in [-0.2, 0) is 0 Å². The van der Waals surface area contributed by atoms with Crippen molar-refractivity contribution in [3.05, 3.63) is 29.8 Å². The minimum atomic E-state index is -0.424. The monoisotopic (exact) mass is 264 g/mol. The number of hydrogen-bond acceptors (Lipinski definition) is 2. The third-order valence-corrected chi connectivity index (χ3v) is 3.68. The van der Waals surface area contributed by atoms with Gasteiger partial charge in [-0.15, -0.1) is 0 Å². The van der Waals surface area contributed by atoms with Crippen molar-refractivity contribution in [3.63, 3.8) is 0 Å². The highest BCUT2D eigenvalue weighted by Gasteiger charge is 2.13. The van der Waals surface area contributed by atoms with Gasteiger partial charge in [-0.05, 0) is 24.8 Å². The van der Waals surface area contributed by atoms with E-state index in [0.717, 1.165) is 24.3 Å². The molecule has 0 fully saturated rings. The van der Waals surface area contributed by atoms with Crippen LogP contribution < -0.4 is 4.74 Å². The highest BCUT2D eigenvalue weighted by atomic mass is 16.5. The molecule has 0 aliphatic heterocycles. The number of aliphatic hydroxyl groups is 1. The van der Waals surface area contributed by atoms with Gasteiger partial charge >= 0.3 is 0 Å².